The SMILES string of the molecule is C=C[C@](C)(CC/C=C(\C)CCC=C(C)C)[C@H](O)CCCCCC. The minimum absolute atomic E-state index is 0.164. The Morgan fingerprint density at radius 2 is 1.78 bits per heavy atom. The molecular weight excluding hydrogens is 280 g/mol. The topological polar surface area (TPSA) is 20.2 Å². The molecule has 0 aliphatic carbocycles. The van der Waals surface area contributed by atoms with Gasteiger partial charge < -0.3 is 5.11 Å². The predicted octanol–water partition coefficient (Wildman–Crippen LogP) is 6.98. The van der Waals surface area contributed by atoms with Gasteiger partial charge in [0.1, 0.15) is 0 Å². The van der Waals surface area contributed by atoms with Crippen LogP contribution in [0.2, 0.25) is 0 Å². The van der Waals surface area contributed by atoms with Crippen molar-refractivity contribution in [3.8, 4) is 0 Å². The molecule has 0 spiro atoms. The fourth-order valence-electron chi connectivity index (χ4n) is 2.82. The molecule has 0 aromatic heterocycles. The molecule has 0 aromatic carbocycles. The van der Waals surface area contributed by atoms with E-state index in [0.717, 1.165) is 38.5 Å². The number of aliphatic hydroxyl groups excluding tert-OH is 1. The van der Waals surface area contributed by atoms with E-state index in [1.807, 2.05) is 6.08 Å². The average Bonchev–Trinajstić information content (AvgIpc) is 2.50. The van der Waals surface area contributed by atoms with Crippen LogP contribution >= 0.6 is 0 Å². The molecule has 1 nitrogen and oxygen atoms in total. The van der Waals surface area contributed by atoms with E-state index in [2.05, 4.69) is 53.3 Å². The van der Waals surface area contributed by atoms with Crippen molar-refractivity contribution in [3.05, 3.63) is 36.0 Å². The number of unbranched alkanes of at least 4 members (excludes halogenated alkanes) is 3. The van der Waals surface area contributed by atoms with Crippen LogP contribution < -0.4 is 0 Å². The minimum atomic E-state index is -0.267. The molecule has 2 atom stereocenters. The number of hydrogen-bond acceptors (Lipinski definition) is 1. The van der Waals surface area contributed by atoms with Gasteiger partial charge in [0, 0.05) is 5.41 Å². The van der Waals surface area contributed by atoms with Crippen molar-refractivity contribution in [1.82, 2.24) is 0 Å². The van der Waals surface area contributed by atoms with Crippen LogP contribution in [0.15, 0.2) is 36.0 Å². The third-order valence-electron chi connectivity index (χ3n) is 4.83. The molecule has 0 aliphatic rings. The summed E-state index contributed by atoms with van der Waals surface area (Å²) in [5, 5.41) is 10.5. The zero-order chi connectivity index (χ0) is 17.7. The van der Waals surface area contributed by atoms with Gasteiger partial charge in [-0.15, -0.1) is 6.58 Å². The highest BCUT2D eigenvalue weighted by molar-refractivity contribution is 5.04. The van der Waals surface area contributed by atoms with Gasteiger partial charge >= 0.3 is 0 Å². The first-order valence-electron chi connectivity index (χ1n) is 9.46. The van der Waals surface area contributed by atoms with E-state index in [-0.39, 0.29) is 11.5 Å². The second-order valence-electron chi connectivity index (χ2n) is 7.48. The van der Waals surface area contributed by atoms with Crippen molar-refractivity contribution >= 4 is 0 Å². The van der Waals surface area contributed by atoms with Gasteiger partial charge in [0.25, 0.3) is 0 Å². The summed E-state index contributed by atoms with van der Waals surface area (Å²) < 4.78 is 0. The average molecular weight is 321 g/mol. The third kappa shape index (κ3) is 10.5. The van der Waals surface area contributed by atoms with Crippen molar-refractivity contribution in [2.24, 2.45) is 5.41 Å². The molecular formula is C22H40O. The van der Waals surface area contributed by atoms with Crippen LogP contribution in [0.5, 0.6) is 0 Å². The summed E-state index contributed by atoms with van der Waals surface area (Å²) in [6, 6.07) is 0. The molecule has 1 N–H and O–H groups in total. The summed E-state index contributed by atoms with van der Waals surface area (Å²) >= 11 is 0. The van der Waals surface area contributed by atoms with E-state index in [9.17, 15) is 5.11 Å². The summed E-state index contributed by atoms with van der Waals surface area (Å²) in [6.07, 6.45) is 16.3. The number of hydrogen-bond donors (Lipinski definition) is 1. The Kier molecular flexibility index (Phi) is 12.1. The standard InChI is InChI=1S/C22H40O/c1-7-9-10-11-17-21(23)22(6,8-2)18-13-16-20(5)15-12-14-19(3)4/h8,14,16,21,23H,2,7,9-13,15,17-18H2,1,3-6H3/b20-16+/t21-,22-/m1/s1. The van der Waals surface area contributed by atoms with E-state index in [4.69, 9.17) is 0 Å². The van der Waals surface area contributed by atoms with Crippen LogP contribution in [0.4, 0.5) is 0 Å². The smallest absolute Gasteiger partial charge is 0.0628 e. The van der Waals surface area contributed by atoms with Crippen LogP contribution in [0, 0.1) is 5.41 Å². The molecule has 0 radical (unpaired) electrons. The van der Waals surface area contributed by atoms with Gasteiger partial charge in [-0.3, -0.25) is 0 Å². The molecule has 0 rings (SSSR count). The van der Waals surface area contributed by atoms with Crippen LogP contribution in [0.1, 0.15) is 92.4 Å². The van der Waals surface area contributed by atoms with E-state index in [1.54, 1.807) is 0 Å². The maximum atomic E-state index is 10.5. The number of aliphatic hydroxyl groups is 1. The first kappa shape index (κ1) is 22.2. The summed E-state index contributed by atoms with van der Waals surface area (Å²) in [7, 11) is 0. The van der Waals surface area contributed by atoms with Gasteiger partial charge in [0.05, 0.1) is 6.10 Å². The Labute approximate surface area is 145 Å². The summed E-state index contributed by atoms with van der Waals surface area (Å²) in [4.78, 5) is 0. The summed E-state index contributed by atoms with van der Waals surface area (Å²) in [5.74, 6) is 0. The Morgan fingerprint density at radius 3 is 2.35 bits per heavy atom. The highest BCUT2D eigenvalue weighted by atomic mass is 16.3. The van der Waals surface area contributed by atoms with Gasteiger partial charge in [-0.25, -0.2) is 0 Å². The predicted molar refractivity (Wildman–Crippen MR) is 105 cm³/mol. The molecule has 134 valence electrons. The normalized spacial score (nSPS) is 15.8. The molecule has 1 heteroatoms. The first-order valence-corrected chi connectivity index (χ1v) is 9.46. The van der Waals surface area contributed by atoms with Crippen LogP contribution in [0.25, 0.3) is 0 Å². The monoisotopic (exact) mass is 320 g/mol. The Hall–Kier alpha value is -0.820. The lowest BCUT2D eigenvalue weighted by Crippen LogP contribution is -2.30. The van der Waals surface area contributed by atoms with Gasteiger partial charge in [-0.2, -0.15) is 0 Å². The molecule has 0 aromatic rings. The third-order valence-corrected chi connectivity index (χ3v) is 4.83. The molecule has 0 saturated carbocycles. The maximum Gasteiger partial charge on any atom is 0.0628 e. The van der Waals surface area contributed by atoms with E-state index < -0.39 is 0 Å². The van der Waals surface area contributed by atoms with Crippen LogP contribution in [0.3, 0.4) is 0 Å². The number of allylic oxidation sites excluding steroid dienone is 4. The largest absolute Gasteiger partial charge is 0.392 e. The van der Waals surface area contributed by atoms with E-state index >= 15 is 0 Å². The number of rotatable bonds is 13. The zero-order valence-electron chi connectivity index (χ0n) is 16.3. The fourth-order valence-corrected chi connectivity index (χ4v) is 2.82. The Morgan fingerprint density at radius 1 is 1.09 bits per heavy atom. The highest BCUT2D eigenvalue weighted by Gasteiger charge is 2.28. The lowest BCUT2D eigenvalue weighted by molar-refractivity contribution is 0.0553. The zero-order valence-corrected chi connectivity index (χ0v) is 16.3. The first-order chi connectivity index (χ1) is 10.9. The molecule has 23 heavy (non-hydrogen) atoms. The molecule has 0 bridgehead atoms. The van der Waals surface area contributed by atoms with Gasteiger partial charge in [0.15, 0.2) is 0 Å². The van der Waals surface area contributed by atoms with Gasteiger partial charge in [0.2, 0.25) is 0 Å². The second-order valence-corrected chi connectivity index (χ2v) is 7.48. The maximum absolute atomic E-state index is 10.5. The van der Waals surface area contributed by atoms with E-state index in [0.29, 0.717) is 0 Å². The van der Waals surface area contributed by atoms with Gasteiger partial charge in [-0.05, 0) is 52.9 Å². The molecule has 0 fully saturated rings. The Balaban J connectivity index is 4.28. The van der Waals surface area contributed by atoms with Crippen molar-refractivity contribution in [3.63, 3.8) is 0 Å². The molecule has 0 amide bonds. The van der Waals surface area contributed by atoms with Crippen molar-refractivity contribution in [2.75, 3.05) is 0 Å². The Bertz CT molecular complexity index is 373. The van der Waals surface area contributed by atoms with Crippen LogP contribution in [-0.2, 0) is 0 Å². The fraction of sp³-hybridized carbons (Fsp3) is 0.727. The van der Waals surface area contributed by atoms with Crippen molar-refractivity contribution in [1.29, 1.82) is 0 Å². The second kappa shape index (κ2) is 12.6. The highest BCUT2D eigenvalue weighted by Crippen LogP contribution is 2.32. The molecule has 0 saturated heterocycles. The molecule has 0 aliphatic heterocycles. The van der Waals surface area contributed by atoms with E-state index in [1.165, 1.54) is 30.4 Å². The lowest BCUT2D eigenvalue weighted by Gasteiger charge is -2.31. The summed E-state index contributed by atoms with van der Waals surface area (Å²) in [6.45, 7) is 14.9. The molecule has 0 unspecified atom stereocenters. The minimum Gasteiger partial charge on any atom is -0.392 e. The van der Waals surface area contributed by atoms with Crippen molar-refractivity contribution < 1.29 is 5.11 Å². The lowest BCUT2D eigenvalue weighted by atomic mass is 9.78. The summed E-state index contributed by atoms with van der Waals surface area (Å²) in [5.41, 5.74) is 2.68. The van der Waals surface area contributed by atoms with Gasteiger partial charge in [-0.1, -0.05) is 68.9 Å². The molecule has 0 heterocycles. The quantitative estimate of drug-likeness (QED) is 0.286. The van der Waals surface area contributed by atoms with Crippen LogP contribution in [-0.4, -0.2) is 11.2 Å². The van der Waals surface area contributed by atoms with Crippen molar-refractivity contribution in [2.45, 2.75) is 98.5 Å².